The Morgan fingerprint density at radius 2 is 2.04 bits per heavy atom. The quantitative estimate of drug-likeness (QED) is 0.780. The minimum Gasteiger partial charge on any atom is -0.296 e. The normalized spacial score (nSPS) is 11.8. The summed E-state index contributed by atoms with van der Waals surface area (Å²) in [6, 6.07) is 6.38. The van der Waals surface area contributed by atoms with Crippen LogP contribution in [0.15, 0.2) is 29.2 Å². The Labute approximate surface area is 136 Å². The zero-order valence-electron chi connectivity index (χ0n) is 12.7. The van der Waals surface area contributed by atoms with Crippen LogP contribution in [0.25, 0.3) is 10.2 Å². The van der Waals surface area contributed by atoms with Crippen LogP contribution in [0, 0.1) is 6.92 Å². The third kappa shape index (κ3) is 3.10. The summed E-state index contributed by atoms with van der Waals surface area (Å²) in [7, 11) is -1.51. The summed E-state index contributed by atoms with van der Waals surface area (Å²) < 4.78 is 25.5. The summed E-state index contributed by atoms with van der Waals surface area (Å²) in [6.45, 7) is 1.86. The summed E-state index contributed by atoms with van der Waals surface area (Å²) in [6.07, 6.45) is 1.15. The number of carbonyl (C=O) groups excluding carboxylic acids is 1. The van der Waals surface area contributed by atoms with Gasteiger partial charge in [0.25, 0.3) is 5.91 Å². The minimum absolute atomic E-state index is 0.229. The van der Waals surface area contributed by atoms with E-state index in [1.54, 1.807) is 29.9 Å². The third-order valence-electron chi connectivity index (χ3n) is 3.35. The lowest BCUT2D eigenvalue weighted by Crippen LogP contribution is -2.12. The van der Waals surface area contributed by atoms with E-state index in [4.69, 9.17) is 0 Å². The van der Waals surface area contributed by atoms with Crippen molar-refractivity contribution < 1.29 is 13.2 Å². The Morgan fingerprint density at radius 3 is 2.65 bits per heavy atom. The number of rotatable bonds is 3. The molecule has 3 aromatic rings. The van der Waals surface area contributed by atoms with Gasteiger partial charge < -0.3 is 0 Å². The van der Waals surface area contributed by atoms with Crippen LogP contribution in [0.4, 0.5) is 5.13 Å². The molecule has 1 aromatic carbocycles. The first kappa shape index (κ1) is 15.6. The van der Waals surface area contributed by atoms with E-state index < -0.39 is 9.84 Å². The summed E-state index contributed by atoms with van der Waals surface area (Å²) in [5.41, 5.74) is 1.81. The number of anilines is 1. The van der Waals surface area contributed by atoms with Crippen LogP contribution in [0.5, 0.6) is 0 Å². The number of aryl methyl sites for hydroxylation is 2. The predicted octanol–water partition coefficient (Wildman–Crippen LogP) is 1.99. The average Bonchev–Trinajstić information content (AvgIpc) is 3.00. The highest BCUT2D eigenvalue weighted by Crippen LogP contribution is 2.28. The van der Waals surface area contributed by atoms with Crippen molar-refractivity contribution in [2.45, 2.75) is 11.8 Å². The van der Waals surface area contributed by atoms with Crippen LogP contribution in [0.1, 0.15) is 16.2 Å². The Bertz CT molecular complexity index is 998. The van der Waals surface area contributed by atoms with Crippen molar-refractivity contribution in [1.29, 1.82) is 0 Å². The van der Waals surface area contributed by atoms with Crippen LogP contribution in [0.3, 0.4) is 0 Å². The molecule has 1 N–H and O–H groups in total. The van der Waals surface area contributed by atoms with Crippen molar-refractivity contribution >= 4 is 42.4 Å². The van der Waals surface area contributed by atoms with E-state index in [-0.39, 0.29) is 10.8 Å². The number of benzene rings is 1. The number of thiazole rings is 1. The first-order chi connectivity index (χ1) is 10.7. The second-order valence-corrected chi connectivity index (χ2v) is 8.22. The largest absolute Gasteiger partial charge is 0.296 e. The lowest BCUT2D eigenvalue weighted by atomic mass is 10.3. The highest BCUT2D eigenvalue weighted by atomic mass is 32.2. The first-order valence-electron chi connectivity index (χ1n) is 6.67. The van der Waals surface area contributed by atoms with E-state index >= 15 is 0 Å². The number of amides is 1. The van der Waals surface area contributed by atoms with E-state index in [1.807, 2.05) is 6.92 Å². The molecule has 0 spiro atoms. The van der Waals surface area contributed by atoms with Crippen LogP contribution in [0.2, 0.25) is 0 Å². The van der Waals surface area contributed by atoms with Gasteiger partial charge in [-0.05, 0) is 31.2 Å². The molecule has 3 rings (SSSR count). The number of aromatic nitrogens is 3. The standard InChI is InChI=1S/C14H14N4O3S2/c1-8-6-11(17-18(8)2)13(19)16-14-15-10-5-4-9(23(3,20)21)7-12(10)22-14/h4-7H,1-3H3,(H,15,16,19). The van der Waals surface area contributed by atoms with Gasteiger partial charge in [-0.2, -0.15) is 5.10 Å². The molecule has 2 aromatic heterocycles. The molecule has 7 nitrogen and oxygen atoms in total. The Kier molecular flexibility index (Phi) is 3.69. The maximum Gasteiger partial charge on any atom is 0.277 e. The molecule has 9 heteroatoms. The SMILES string of the molecule is Cc1cc(C(=O)Nc2nc3ccc(S(C)(=O)=O)cc3s2)nn1C. The maximum atomic E-state index is 12.2. The molecular weight excluding hydrogens is 336 g/mol. The lowest BCUT2D eigenvalue weighted by molar-refractivity contribution is 0.102. The number of hydrogen-bond acceptors (Lipinski definition) is 6. The summed E-state index contributed by atoms with van der Waals surface area (Å²) in [4.78, 5) is 16.7. The van der Waals surface area contributed by atoms with Crippen LogP contribution < -0.4 is 5.32 Å². The number of nitrogens with zero attached hydrogens (tertiary/aromatic N) is 3. The van der Waals surface area contributed by atoms with E-state index in [0.717, 1.165) is 11.9 Å². The van der Waals surface area contributed by atoms with Crippen molar-refractivity contribution in [2.75, 3.05) is 11.6 Å². The number of sulfone groups is 1. The monoisotopic (exact) mass is 350 g/mol. The molecule has 2 heterocycles. The maximum absolute atomic E-state index is 12.2. The number of fused-ring (bicyclic) bond motifs is 1. The fourth-order valence-corrected chi connectivity index (χ4v) is 3.64. The predicted molar refractivity (Wildman–Crippen MR) is 88.6 cm³/mol. The second-order valence-electron chi connectivity index (χ2n) is 5.17. The summed E-state index contributed by atoms with van der Waals surface area (Å²) >= 11 is 1.22. The molecule has 0 aliphatic heterocycles. The van der Waals surface area contributed by atoms with Gasteiger partial charge in [-0.15, -0.1) is 0 Å². The molecule has 120 valence electrons. The van der Waals surface area contributed by atoms with Crippen molar-refractivity contribution in [2.24, 2.45) is 7.05 Å². The van der Waals surface area contributed by atoms with E-state index in [2.05, 4.69) is 15.4 Å². The van der Waals surface area contributed by atoms with Gasteiger partial charge in [-0.3, -0.25) is 14.8 Å². The van der Waals surface area contributed by atoms with Crippen LogP contribution >= 0.6 is 11.3 Å². The summed E-state index contributed by atoms with van der Waals surface area (Å²) in [5, 5.41) is 7.20. The van der Waals surface area contributed by atoms with E-state index in [9.17, 15) is 13.2 Å². The van der Waals surface area contributed by atoms with Gasteiger partial charge >= 0.3 is 0 Å². The molecule has 1 amide bonds. The van der Waals surface area contributed by atoms with Gasteiger partial charge in [0.15, 0.2) is 20.7 Å². The highest BCUT2D eigenvalue weighted by Gasteiger charge is 2.15. The second kappa shape index (κ2) is 5.43. The van der Waals surface area contributed by atoms with Crippen LogP contribution in [-0.2, 0) is 16.9 Å². The lowest BCUT2D eigenvalue weighted by Gasteiger charge is -1.96. The van der Waals surface area contributed by atoms with Crippen molar-refractivity contribution in [3.8, 4) is 0 Å². The van der Waals surface area contributed by atoms with E-state index in [0.29, 0.717) is 21.0 Å². The Hall–Kier alpha value is -2.26. The molecule has 0 aliphatic rings. The number of nitrogens with one attached hydrogen (secondary N) is 1. The minimum atomic E-state index is -3.27. The summed E-state index contributed by atoms with van der Waals surface area (Å²) in [5.74, 6) is -0.351. The van der Waals surface area contributed by atoms with Crippen LogP contribution in [-0.4, -0.2) is 35.3 Å². The zero-order valence-corrected chi connectivity index (χ0v) is 14.3. The molecule has 0 unspecified atom stereocenters. The average molecular weight is 350 g/mol. The molecule has 23 heavy (non-hydrogen) atoms. The highest BCUT2D eigenvalue weighted by molar-refractivity contribution is 7.90. The molecule has 0 saturated heterocycles. The van der Waals surface area contributed by atoms with Gasteiger partial charge in [-0.1, -0.05) is 11.3 Å². The number of carbonyl (C=O) groups is 1. The molecule has 0 bridgehead atoms. The Morgan fingerprint density at radius 1 is 1.30 bits per heavy atom. The zero-order chi connectivity index (χ0) is 16.8. The molecule has 0 aliphatic carbocycles. The Balaban J connectivity index is 1.90. The van der Waals surface area contributed by atoms with E-state index in [1.165, 1.54) is 17.4 Å². The van der Waals surface area contributed by atoms with Crippen molar-refractivity contribution in [1.82, 2.24) is 14.8 Å². The molecular formula is C14H14N4O3S2. The topological polar surface area (TPSA) is 93.9 Å². The number of hydrogen-bond donors (Lipinski definition) is 1. The van der Waals surface area contributed by atoms with Gasteiger partial charge in [0, 0.05) is 19.0 Å². The van der Waals surface area contributed by atoms with Crippen molar-refractivity contribution in [3.63, 3.8) is 0 Å². The molecule has 0 saturated carbocycles. The third-order valence-corrected chi connectivity index (χ3v) is 5.40. The smallest absolute Gasteiger partial charge is 0.277 e. The molecule has 0 atom stereocenters. The van der Waals surface area contributed by atoms with Gasteiger partial charge in [0.2, 0.25) is 0 Å². The molecule has 0 fully saturated rings. The first-order valence-corrected chi connectivity index (χ1v) is 9.37. The van der Waals surface area contributed by atoms with Gasteiger partial charge in [0.05, 0.1) is 15.1 Å². The fraction of sp³-hybridized carbons (Fsp3) is 0.214. The molecule has 0 radical (unpaired) electrons. The van der Waals surface area contributed by atoms with Gasteiger partial charge in [-0.25, -0.2) is 13.4 Å². The van der Waals surface area contributed by atoms with Gasteiger partial charge in [0.1, 0.15) is 0 Å². The fourth-order valence-electron chi connectivity index (χ4n) is 2.02. The van der Waals surface area contributed by atoms with Crippen molar-refractivity contribution in [3.05, 3.63) is 35.7 Å².